The average molecular weight is 463 g/mol. The van der Waals surface area contributed by atoms with Gasteiger partial charge in [-0.1, -0.05) is 47.7 Å². The zero-order valence-electron chi connectivity index (χ0n) is 17.8. The normalized spacial score (nSPS) is 11.4. The summed E-state index contributed by atoms with van der Waals surface area (Å²) >= 11 is 1.47. The van der Waals surface area contributed by atoms with E-state index in [0.717, 1.165) is 5.56 Å². The van der Waals surface area contributed by atoms with Gasteiger partial charge in [-0.05, 0) is 30.7 Å². The van der Waals surface area contributed by atoms with Gasteiger partial charge in [0, 0.05) is 5.75 Å². The van der Waals surface area contributed by atoms with Crippen LogP contribution in [-0.4, -0.2) is 47.7 Å². The van der Waals surface area contributed by atoms with Gasteiger partial charge < -0.3 is 4.74 Å². The molecule has 0 radical (unpaired) electrons. The van der Waals surface area contributed by atoms with E-state index in [0.29, 0.717) is 33.5 Å². The number of aryl methyl sites for hydroxylation is 1. The number of rotatable bonds is 6. The minimum Gasteiger partial charge on any atom is -0.469 e. The number of benzene rings is 2. The van der Waals surface area contributed by atoms with Gasteiger partial charge in [-0.15, -0.1) is 15.3 Å². The van der Waals surface area contributed by atoms with E-state index >= 15 is 0 Å². The summed E-state index contributed by atoms with van der Waals surface area (Å²) in [7, 11) is 1.30. The van der Waals surface area contributed by atoms with Crippen molar-refractivity contribution in [2.75, 3.05) is 7.11 Å². The van der Waals surface area contributed by atoms with Crippen molar-refractivity contribution in [1.29, 1.82) is 0 Å². The van der Waals surface area contributed by atoms with Gasteiger partial charge in [0.1, 0.15) is 11.5 Å². The highest BCUT2D eigenvalue weighted by Gasteiger charge is 2.22. The van der Waals surface area contributed by atoms with Crippen LogP contribution in [0.3, 0.4) is 0 Å². The number of hydrogen-bond donors (Lipinski definition) is 0. The highest BCUT2D eigenvalue weighted by Crippen LogP contribution is 2.25. The predicted molar refractivity (Wildman–Crippen MR) is 120 cm³/mol. The molecule has 0 aliphatic heterocycles. The first-order chi connectivity index (χ1) is 16.0. The summed E-state index contributed by atoms with van der Waals surface area (Å²) in [5.41, 5.74) is 3.92. The smallest absolute Gasteiger partial charge is 0.311 e. The minimum atomic E-state index is -0.476. The maximum absolute atomic E-state index is 14.0. The number of thioether (sulfide) groups is 1. The summed E-state index contributed by atoms with van der Waals surface area (Å²) in [4.78, 5) is 16.4. The molecule has 166 valence electrons. The van der Waals surface area contributed by atoms with Crippen molar-refractivity contribution in [1.82, 2.24) is 34.6 Å². The van der Waals surface area contributed by atoms with Gasteiger partial charge in [0.15, 0.2) is 11.2 Å². The molecule has 3 aromatic heterocycles. The molecule has 5 aromatic rings. The van der Waals surface area contributed by atoms with Crippen molar-refractivity contribution < 1.29 is 13.9 Å². The van der Waals surface area contributed by atoms with E-state index in [4.69, 9.17) is 4.74 Å². The summed E-state index contributed by atoms with van der Waals surface area (Å²) in [6, 6.07) is 14.2. The molecule has 0 atom stereocenters. The number of halogens is 1. The molecule has 0 spiro atoms. The molecule has 0 fully saturated rings. The molecule has 3 heterocycles. The van der Waals surface area contributed by atoms with Gasteiger partial charge >= 0.3 is 5.97 Å². The van der Waals surface area contributed by atoms with Crippen LogP contribution < -0.4 is 0 Å². The first-order valence-corrected chi connectivity index (χ1v) is 11.0. The molecule has 11 heteroatoms. The van der Waals surface area contributed by atoms with Crippen LogP contribution in [0.2, 0.25) is 0 Å². The Morgan fingerprint density at radius 2 is 1.97 bits per heavy atom. The molecule has 0 aliphatic carbocycles. The number of esters is 1. The van der Waals surface area contributed by atoms with Crippen LogP contribution in [-0.2, 0) is 21.7 Å². The lowest BCUT2D eigenvalue weighted by Gasteiger charge is -2.03. The molecule has 33 heavy (non-hydrogen) atoms. The minimum absolute atomic E-state index is 0.112. The van der Waals surface area contributed by atoms with Gasteiger partial charge in [-0.25, -0.2) is 9.07 Å². The Hall–Kier alpha value is -3.86. The summed E-state index contributed by atoms with van der Waals surface area (Å²) < 4.78 is 21.7. The molecule has 0 N–H and O–H groups in total. The highest BCUT2D eigenvalue weighted by atomic mass is 32.2. The van der Waals surface area contributed by atoms with Gasteiger partial charge in [0.25, 0.3) is 5.78 Å². The number of hydrogen-bond acceptors (Lipinski definition) is 8. The quantitative estimate of drug-likeness (QED) is 0.279. The fourth-order valence-electron chi connectivity index (χ4n) is 3.45. The van der Waals surface area contributed by atoms with Crippen LogP contribution >= 0.6 is 11.8 Å². The number of carbonyl (C=O) groups is 1. The number of carbonyl (C=O) groups excluding carboxylic acids is 1. The monoisotopic (exact) mass is 463 g/mol. The lowest BCUT2D eigenvalue weighted by atomic mass is 10.2. The van der Waals surface area contributed by atoms with Crippen molar-refractivity contribution in [2.45, 2.75) is 24.3 Å². The lowest BCUT2D eigenvalue weighted by Crippen LogP contribution is -2.06. The zero-order chi connectivity index (χ0) is 22.9. The molecule has 0 saturated carbocycles. The summed E-state index contributed by atoms with van der Waals surface area (Å²) in [5.74, 6) is 0.0651. The number of fused-ring (bicyclic) bond motifs is 3. The van der Waals surface area contributed by atoms with Crippen LogP contribution in [0, 0.1) is 12.7 Å². The topological polar surface area (TPSA) is 100 Å². The van der Waals surface area contributed by atoms with Crippen LogP contribution in [0.25, 0.3) is 22.6 Å². The molecule has 9 nitrogen and oxygen atoms in total. The van der Waals surface area contributed by atoms with Gasteiger partial charge in [-0.2, -0.15) is 14.6 Å². The van der Waals surface area contributed by atoms with Crippen LogP contribution in [0.15, 0.2) is 53.7 Å². The van der Waals surface area contributed by atoms with E-state index in [2.05, 4.69) is 31.4 Å². The Morgan fingerprint density at radius 1 is 1.12 bits per heavy atom. The first-order valence-electron chi connectivity index (χ1n) is 10.0. The Morgan fingerprint density at radius 3 is 2.76 bits per heavy atom. The van der Waals surface area contributed by atoms with Crippen LogP contribution in [0.1, 0.15) is 16.8 Å². The van der Waals surface area contributed by atoms with E-state index in [1.54, 1.807) is 12.1 Å². The third-order valence-corrected chi connectivity index (χ3v) is 5.87. The molecule has 0 amide bonds. The van der Waals surface area contributed by atoms with Crippen LogP contribution in [0.4, 0.5) is 4.39 Å². The molecular formula is C22H18FN7O2S. The SMILES string of the molecule is COC(=O)Cc1nn(-c2cccc(F)c2)c2c1nnc1nc(SCc3cccc(C)c3)nn12. The van der Waals surface area contributed by atoms with Crippen molar-refractivity contribution in [3.8, 4) is 5.69 Å². The van der Waals surface area contributed by atoms with E-state index in [1.165, 1.54) is 45.8 Å². The second-order valence-corrected chi connectivity index (χ2v) is 8.29. The standard InChI is InChI=1S/C22H18FN7O2S/c1-13-5-3-6-14(9-13)12-33-22-24-21-26-25-19-17(11-18(31)32-2)27-29(20(19)30(21)28-22)16-8-4-7-15(23)10-16/h3-10H,11-12H2,1-2H3. The Labute approximate surface area is 191 Å². The Balaban J connectivity index is 1.61. The highest BCUT2D eigenvalue weighted by molar-refractivity contribution is 7.98. The summed E-state index contributed by atoms with van der Waals surface area (Å²) in [5, 5.41) is 18.0. The first kappa shape index (κ1) is 21.0. The second-order valence-electron chi connectivity index (χ2n) is 7.35. The van der Waals surface area contributed by atoms with E-state index < -0.39 is 11.8 Å². The molecule has 0 bridgehead atoms. The van der Waals surface area contributed by atoms with Crippen molar-refractivity contribution >= 4 is 34.7 Å². The molecule has 5 rings (SSSR count). The lowest BCUT2D eigenvalue weighted by molar-refractivity contribution is -0.139. The second kappa shape index (κ2) is 8.58. The molecular weight excluding hydrogens is 445 g/mol. The molecule has 0 aliphatic rings. The van der Waals surface area contributed by atoms with Gasteiger partial charge in [-0.3, -0.25) is 4.79 Å². The molecule has 0 saturated heterocycles. The predicted octanol–water partition coefficient (Wildman–Crippen LogP) is 3.31. The van der Waals surface area contributed by atoms with Crippen molar-refractivity contribution in [2.24, 2.45) is 0 Å². The van der Waals surface area contributed by atoms with E-state index in [1.807, 2.05) is 25.1 Å². The largest absolute Gasteiger partial charge is 0.469 e. The Bertz CT molecular complexity index is 1500. The van der Waals surface area contributed by atoms with Crippen molar-refractivity contribution in [3.05, 3.63) is 71.2 Å². The summed E-state index contributed by atoms with van der Waals surface area (Å²) in [6.45, 7) is 2.04. The number of aromatic nitrogens is 7. The molecule has 0 unspecified atom stereocenters. The van der Waals surface area contributed by atoms with E-state index in [9.17, 15) is 9.18 Å². The van der Waals surface area contributed by atoms with Gasteiger partial charge in [0.2, 0.25) is 5.16 Å². The summed E-state index contributed by atoms with van der Waals surface area (Å²) in [6.07, 6.45) is -0.112. The van der Waals surface area contributed by atoms with E-state index in [-0.39, 0.29) is 12.2 Å². The Kier molecular flexibility index (Phi) is 5.47. The number of nitrogens with zero attached hydrogens (tertiary/aromatic N) is 7. The third-order valence-electron chi connectivity index (χ3n) is 4.96. The fourth-order valence-corrected chi connectivity index (χ4v) is 4.21. The molecule has 2 aromatic carbocycles. The third kappa shape index (κ3) is 4.14. The van der Waals surface area contributed by atoms with Crippen molar-refractivity contribution in [3.63, 3.8) is 0 Å². The van der Waals surface area contributed by atoms with Gasteiger partial charge in [0.05, 0.1) is 19.2 Å². The fraction of sp³-hybridized carbons (Fsp3) is 0.182. The zero-order valence-corrected chi connectivity index (χ0v) is 18.6. The van der Waals surface area contributed by atoms with Crippen LogP contribution in [0.5, 0.6) is 0 Å². The average Bonchev–Trinajstić information content (AvgIpc) is 3.39. The maximum Gasteiger partial charge on any atom is 0.311 e. The number of methoxy groups -OCH3 is 1. The maximum atomic E-state index is 14.0. The number of ether oxygens (including phenoxy) is 1.